The molecule has 0 aliphatic heterocycles. The van der Waals surface area contributed by atoms with Crippen LogP contribution in [0.1, 0.15) is 11.1 Å². The van der Waals surface area contributed by atoms with E-state index in [4.69, 9.17) is 11.6 Å². The zero-order valence-electron chi connectivity index (χ0n) is 11.0. The molecule has 0 aliphatic rings. The minimum Gasteiger partial charge on any atom is -0.435 e. The molecule has 6 heteroatoms. The number of rotatable bonds is 6. The van der Waals surface area contributed by atoms with E-state index in [0.29, 0.717) is 18.1 Å². The van der Waals surface area contributed by atoms with Gasteiger partial charge in [0.25, 0.3) is 0 Å². The van der Waals surface area contributed by atoms with Crippen LogP contribution in [-0.4, -0.2) is 6.61 Å². The summed E-state index contributed by atoms with van der Waals surface area (Å²) in [7, 11) is 0. The molecule has 0 bridgehead atoms. The Bertz CT molecular complexity index is 593. The fourth-order valence-corrected chi connectivity index (χ4v) is 2.62. The molecule has 2 rings (SSSR count). The van der Waals surface area contributed by atoms with Crippen molar-refractivity contribution in [3.8, 4) is 5.75 Å². The van der Waals surface area contributed by atoms with Crippen molar-refractivity contribution < 1.29 is 13.5 Å². The van der Waals surface area contributed by atoms with Crippen LogP contribution in [0, 0.1) is 0 Å². The fraction of sp³-hybridized carbons (Fsp3) is 0.200. The van der Waals surface area contributed by atoms with Gasteiger partial charge in [0.1, 0.15) is 5.75 Å². The largest absolute Gasteiger partial charge is 0.435 e. The molecule has 0 heterocycles. The van der Waals surface area contributed by atoms with Crippen LogP contribution in [0.4, 0.5) is 8.78 Å². The van der Waals surface area contributed by atoms with Gasteiger partial charge in [0.05, 0.1) is 0 Å². The van der Waals surface area contributed by atoms with Gasteiger partial charge in [-0.1, -0.05) is 45.7 Å². The second-order valence-corrected chi connectivity index (χ2v) is 5.65. The van der Waals surface area contributed by atoms with Crippen molar-refractivity contribution >= 4 is 27.5 Å². The van der Waals surface area contributed by atoms with Crippen molar-refractivity contribution in [1.82, 2.24) is 5.32 Å². The zero-order valence-corrected chi connectivity index (χ0v) is 13.3. The molecule has 0 saturated carbocycles. The van der Waals surface area contributed by atoms with Crippen molar-refractivity contribution in [2.24, 2.45) is 0 Å². The fourth-order valence-electron chi connectivity index (χ4n) is 1.80. The van der Waals surface area contributed by atoms with Crippen LogP contribution >= 0.6 is 27.5 Å². The normalized spacial score (nSPS) is 10.9. The van der Waals surface area contributed by atoms with Gasteiger partial charge in [-0.05, 0) is 35.4 Å². The van der Waals surface area contributed by atoms with E-state index in [0.717, 1.165) is 15.6 Å². The first kappa shape index (κ1) is 16.2. The van der Waals surface area contributed by atoms with Crippen LogP contribution in [0.3, 0.4) is 0 Å². The molecule has 112 valence electrons. The number of hydrogen-bond acceptors (Lipinski definition) is 2. The van der Waals surface area contributed by atoms with E-state index in [1.807, 2.05) is 18.2 Å². The first-order valence-electron chi connectivity index (χ1n) is 6.23. The number of ether oxygens (including phenoxy) is 1. The summed E-state index contributed by atoms with van der Waals surface area (Å²) < 4.78 is 29.3. The maximum Gasteiger partial charge on any atom is 0.387 e. The van der Waals surface area contributed by atoms with Crippen LogP contribution in [0.2, 0.25) is 5.02 Å². The first-order chi connectivity index (χ1) is 10.0. The van der Waals surface area contributed by atoms with Crippen LogP contribution in [0.15, 0.2) is 46.9 Å². The Morgan fingerprint density at radius 3 is 2.43 bits per heavy atom. The van der Waals surface area contributed by atoms with Crippen molar-refractivity contribution in [3.05, 3.63) is 63.1 Å². The predicted molar refractivity (Wildman–Crippen MR) is 82.8 cm³/mol. The third-order valence-electron chi connectivity index (χ3n) is 2.81. The number of halogens is 4. The number of alkyl halides is 2. The minimum absolute atomic E-state index is 0.161. The molecule has 0 saturated heterocycles. The van der Waals surface area contributed by atoms with Gasteiger partial charge in [0.15, 0.2) is 0 Å². The van der Waals surface area contributed by atoms with Crippen molar-refractivity contribution in [2.45, 2.75) is 19.7 Å². The van der Waals surface area contributed by atoms with Crippen molar-refractivity contribution in [2.75, 3.05) is 0 Å². The first-order valence-corrected chi connectivity index (χ1v) is 7.40. The van der Waals surface area contributed by atoms with Gasteiger partial charge in [0.2, 0.25) is 0 Å². The topological polar surface area (TPSA) is 21.3 Å². The molecule has 2 aromatic carbocycles. The molecule has 0 unspecified atom stereocenters. The van der Waals surface area contributed by atoms with Crippen molar-refractivity contribution in [1.29, 1.82) is 0 Å². The quantitative estimate of drug-likeness (QED) is 0.766. The highest BCUT2D eigenvalue weighted by atomic mass is 79.9. The highest BCUT2D eigenvalue weighted by Crippen LogP contribution is 2.21. The standard InChI is InChI=1S/C15H13BrClF2NO/c16-14-7-12(17)4-3-11(14)9-20-8-10-1-5-13(6-2-10)21-15(18)19/h1-7,15,20H,8-9H2. The molecule has 1 N–H and O–H groups in total. The van der Waals surface area contributed by atoms with Gasteiger partial charge in [-0.25, -0.2) is 0 Å². The lowest BCUT2D eigenvalue weighted by atomic mass is 10.2. The van der Waals surface area contributed by atoms with Gasteiger partial charge in [-0.2, -0.15) is 8.78 Å². The Hall–Kier alpha value is -1.17. The summed E-state index contributed by atoms with van der Waals surface area (Å²) in [5.41, 5.74) is 2.08. The summed E-state index contributed by atoms with van der Waals surface area (Å²) in [6.07, 6.45) is 0. The van der Waals surface area contributed by atoms with Gasteiger partial charge in [-0.15, -0.1) is 0 Å². The molecule has 2 aromatic rings. The van der Waals surface area contributed by atoms with E-state index in [1.165, 1.54) is 12.1 Å². The summed E-state index contributed by atoms with van der Waals surface area (Å²) in [4.78, 5) is 0. The smallest absolute Gasteiger partial charge is 0.387 e. The molecule has 0 atom stereocenters. The van der Waals surface area contributed by atoms with Gasteiger partial charge in [0, 0.05) is 22.6 Å². The van der Waals surface area contributed by atoms with Crippen LogP contribution < -0.4 is 10.1 Å². The molecular formula is C15H13BrClF2NO. The van der Waals surface area contributed by atoms with E-state index in [-0.39, 0.29) is 5.75 Å². The summed E-state index contributed by atoms with van der Waals surface area (Å²) >= 11 is 9.34. The summed E-state index contributed by atoms with van der Waals surface area (Å²) in [5.74, 6) is 0.161. The molecule has 0 spiro atoms. The Balaban J connectivity index is 1.85. The number of benzene rings is 2. The maximum atomic E-state index is 12.0. The summed E-state index contributed by atoms with van der Waals surface area (Å²) in [5, 5.41) is 3.96. The van der Waals surface area contributed by atoms with Crippen LogP contribution in [-0.2, 0) is 13.1 Å². The Kier molecular flexibility index (Phi) is 5.96. The average molecular weight is 377 g/mol. The van der Waals surface area contributed by atoms with Gasteiger partial charge >= 0.3 is 6.61 Å². The van der Waals surface area contributed by atoms with Gasteiger partial charge < -0.3 is 10.1 Å². The Morgan fingerprint density at radius 2 is 1.81 bits per heavy atom. The van der Waals surface area contributed by atoms with E-state index >= 15 is 0 Å². The van der Waals surface area contributed by atoms with E-state index in [9.17, 15) is 8.78 Å². The SMILES string of the molecule is FC(F)Oc1ccc(CNCc2ccc(Cl)cc2Br)cc1. The van der Waals surface area contributed by atoms with E-state index in [1.54, 1.807) is 12.1 Å². The molecule has 0 radical (unpaired) electrons. The summed E-state index contributed by atoms with van der Waals surface area (Å²) in [6, 6.07) is 12.2. The van der Waals surface area contributed by atoms with Crippen LogP contribution in [0.5, 0.6) is 5.75 Å². The van der Waals surface area contributed by atoms with Gasteiger partial charge in [-0.3, -0.25) is 0 Å². The lowest BCUT2D eigenvalue weighted by molar-refractivity contribution is -0.0498. The molecule has 0 amide bonds. The molecule has 2 nitrogen and oxygen atoms in total. The van der Waals surface area contributed by atoms with Crippen LogP contribution in [0.25, 0.3) is 0 Å². The monoisotopic (exact) mass is 375 g/mol. The second kappa shape index (κ2) is 7.73. The Labute approximate surface area is 135 Å². The molecule has 0 aromatic heterocycles. The number of hydrogen-bond donors (Lipinski definition) is 1. The van der Waals surface area contributed by atoms with E-state index < -0.39 is 6.61 Å². The third kappa shape index (κ3) is 5.26. The maximum absolute atomic E-state index is 12.0. The van der Waals surface area contributed by atoms with Crippen molar-refractivity contribution in [3.63, 3.8) is 0 Å². The third-order valence-corrected chi connectivity index (χ3v) is 3.78. The minimum atomic E-state index is -2.80. The highest BCUT2D eigenvalue weighted by Gasteiger charge is 2.04. The second-order valence-electron chi connectivity index (χ2n) is 4.36. The lowest BCUT2D eigenvalue weighted by Gasteiger charge is -2.08. The molecule has 21 heavy (non-hydrogen) atoms. The predicted octanol–water partition coefficient (Wildman–Crippen LogP) is 4.99. The molecule has 0 aliphatic carbocycles. The molecule has 0 fully saturated rings. The Morgan fingerprint density at radius 1 is 1.10 bits per heavy atom. The summed E-state index contributed by atoms with van der Waals surface area (Å²) in [6.45, 7) is -1.49. The number of nitrogens with one attached hydrogen (secondary N) is 1. The zero-order chi connectivity index (χ0) is 15.2. The van der Waals surface area contributed by atoms with E-state index in [2.05, 4.69) is 26.0 Å². The highest BCUT2D eigenvalue weighted by molar-refractivity contribution is 9.10. The average Bonchev–Trinajstić information content (AvgIpc) is 2.42. The molecular weight excluding hydrogens is 364 g/mol. The lowest BCUT2D eigenvalue weighted by Crippen LogP contribution is -2.13.